The summed E-state index contributed by atoms with van der Waals surface area (Å²) in [5, 5.41) is 12.1. The molecular formula is C53H33N. The molecule has 0 atom stereocenters. The Morgan fingerprint density at radius 1 is 0.222 bits per heavy atom. The van der Waals surface area contributed by atoms with Gasteiger partial charge >= 0.3 is 0 Å². The minimum atomic E-state index is 1.04. The zero-order valence-electron chi connectivity index (χ0n) is 29.5. The van der Waals surface area contributed by atoms with Crippen LogP contribution in [0.25, 0.3) is 109 Å². The topological polar surface area (TPSA) is 12.9 Å². The Balaban J connectivity index is 1.14. The van der Waals surface area contributed by atoms with E-state index < -0.39 is 0 Å². The highest BCUT2D eigenvalue weighted by Crippen LogP contribution is 2.46. The fourth-order valence-electron chi connectivity index (χ4n) is 8.73. The summed E-state index contributed by atoms with van der Waals surface area (Å²) < 4.78 is 0. The Morgan fingerprint density at radius 3 is 1.22 bits per heavy atom. The van der Waals surface area contributed by atoms with E-state index in [9.17, 15) is 0 Å². The molecule has 11 rings (SSSR count). The molecule has 1 nitrogen and oxygen atoms in total. The van der Waals surface area contributed by atoms with Crippen molar-refractivity contribution in [1.29, 1.82) is 0 Å². The Hall–Kier alpha value is -7.09. The van der Waals surface area contributed by atoms with Crippen LogP contribution in [-0.2, 0) is 0 Å². The molecule has 1 aromatic heterocycles. The van der Waals surface area contributed by atoms with Crippen molar-refractivity contribution < 1.29 is 0 Å². The average Bonchev–Trinajstić information content (AvgIpc) is 3.25. The van der Waals surface area contributed by atoms with Crippen LogP contribution in [0.2, 0.25) is 0 Å². The third-order valence-electron chi connectivity index (χ3n) is 11.2. The average molecular weight is 684 g/mol. The number of hydrogen-bond acceptors (Lipinski definition) is 1. The number of pyridine rings is 1. The molecule has 0 aliphatic rings. The molecule has 0 aliphatic heterocycles. The third-order valence-corrected chi connectivity index (χ3v) is 11.2. The molecular weight excluding hydrogens is 651 g/mol. The molecule has 250 valence electrons. The van der Waals surface area contributed by atoms with E-state index in [4.69, 9.17) is 4.98 Å². The van der Waals surface area contributed by atoms with Crippen molar-refractivity contribution in [2.75, 3.05) is 0 Å². The maximum absolute atomic E-state index is 5.40. The molecule has 0 saturated carbocycles. The number of rotatable bonds is 4. The van der Waals surface area contributed by atoms with Crippen LogP contribution in [0.1, 0.15) is 0 Å². The van der Waals surface area contributed by atoms with E-state index in [0.717, 1.165) is 11.0 Å². The largest absolute Gasteiger partial charge is 0.246 e. The van der Waals surface area contributed by atoms with E-state index in [2.05, 4.69) is 200 Å². The van der Waals surface area contributed by atoms with Gasteiger partial charge in [0.2, 0.25) is 0 Å². The van der Waals surface area contributed by atoms with Gasteiger partial charge in [0.05, 0.1) is 11.0 Å². The van der Waals surface area contributed by atoms with Crippen LogP contribution < -0.4 is 0 Å². The summed E-state index contributed by atoms with van der Waals surface area (Å²) in [5.41, 5.74) is 11.9. The van der Waals surface area contributed by atoms with Gasteiger partial charge in [0.15, 0.2) is 0 Å². The van der Waals surface area contributed by atoms with Crippen molar-refractivity contribution in [2.24, 2.45) is 0 Å². The van der Waals surface area contributed by atoms with Crippen LogP contribution in [-0.4, -0.2) is 4.98 Å². The second-order valence-corrected chi connectivity index (χ2v) is 14.2. The maximum Gasteiger partial charge on any atom is 0.0794 e. The monoisotopic (exact) mass is 683 g/mol. The quantitative estimate of drug-likeness (QED) is 0.133. The van der Waals surface area contributed by atoms with Gasteiger partial charge < -0.3 is 0 Å². The lowest BCUT2D eigenvalue weighted by molar-refractivity contribution is 1.53. The van der Waals surface area contributed by atoms with Crippen molar-refractivity contribution in [2.45, 2.75) is 0 Å². The van der Waals surface area contributed by atoms with E-state index in [-0.39, 0.29) is 0 Å². The van der Waals surface area contributed by atoms with Crippen LogP contribution in [0.5, 0.6) is 0 Å². The smallest absolute Gasteiger partial charge is 0.0794 e. The molecule has 0 fully saturated rings. The van der Waals surface area contributed by atoms with Gasteiger partial charge in [-0.15, -0.1) is 0 Å². The van der Waals surface area contributed by atoms with Gasteiger partial charge in [-0.1, -0.05) is 194 Å². The van der Waals surface area contributed by atoms with Gasteiger partial charge in [-0.05, 0) is 77.3 Å². The lowest BCUT2D eigenvalue weighted by Gasteiger charge is -2.19. The molecule has 0 amide bonds. The van der Waals surface area contributed by atoms with Crippen molar-refractivity contribution in [3.63, 3.8) is 0 Å². The first-order chi connectivity index (χ1) is 26.8. The lowest BCUT2D eigenvalue weighted by atomic mass is 9.84. The van der Waals surface area contributed by atoms with Crippen molar-refractivity contribution >= 4 is 64.9 Å². The highest BCUT2D eigenvalue weighted by Gasteiger charge is 2.19. The number of hydrogen-bond donors (Lipinski definition) is 0. The Labute approximate surface area is 313 Å². The summed E-state index contributed by atoms with van der Waals surface area (Å²) >= 11 is 0. The number of benzene rings is 10. The summed E-state index contributed by atoms with van der Waals surface area (Å²) in [7, 11) is 0. The van der Waals surface area contributed by atoms with Crippen LogP contribution >= 0.6 is 0 Å². The summed E-state index contributed by atoms with van der Waals surface area (Å²) in [6.07, 6.45) is 0. The van der Waals surface area contributed by atoms with Crippen molar-refractivity contribution in [3.8, 4) is 44.5 Å². The van der Waals surface area contributed by atoms with E-state index >= 15 is 0 Å². The SMILES string of the molecule is c1ccc(-c2c(-c3ccccc3)c3cc(-c4ccc(-c5c6ccc7ccccc7c6nc6c5ccc5ccccc56)cc4)ccc3c3ccccc23)cc1. The van der Waals surface area contributed by atoms with Crippen LogP contribution in [0.15, 0.2) is 200 Å². The second-order valence-electron chi connectivity index (χ2n) is 14.2. The Kier molecular flexibility index (Phi) is 6.93. The highest BCUT2D eigenvalue weighted by atomic mass is 14.7. The molecule has 1 heteroatoms. The summed E-state index contributed by atoms with van der Waals surface area (Å²) in [4.78, 5) is 5.40. The first kappa shape index (κ1) is 30.5. The van der Waals surface area contributed by atoms with E-state index in [1.807, 2.05) is 0 Å². The minimum Gasteiger partial charge on any atom is -0.246 e. The first-order valence-corrected chi connectivity index (χ1v) is 18.6. The predicted molar refractivity (Wildman–Crippen MR) is 231 cm³/mol. The zero-order chi connectivity index (χ0) is 35.6. The van der Waals surface area contributed by atoms with E-state index in [1.165, 1.54) is 98.4 Å². The van der Waals surface area contributed by atoms with Gasteiger partial charge in [0.25, 0.3) is 0 Å². The summed E-state index contributed by atoms with van der Waals surface area (Å²) in [5.74, 6) is 0. The summed E-state index contributed by atoms with van der Waals surface area (Å²) in [6, 6.07) is 72.9. The normalized spacial score (nSPS) is 11.7. The molecule has 54 heavy (non-hydrogen) atoms. The molecule has 0 aliphatic carbocycles. The van der Waals surface area contributed by atoms with E-state index in [0.29, 0.717) is 0 Å². The van der Waals surface area contributed by atoms with Gasteiger partial charge in [0.1, 0.15) is 0 Å². The third kappa shape index (κ3) is 4.76. The molecule has 1 heterocycles. The van der Waals surface area contributed by atoms with Gasteiger partial charge in [0, 0.05) is 27.1 Å². The molecule has 0 N–H and O–H groups in total. The number of fused-ring (bicyclic) bond motifs is 9. The van der Waals surface area contributed by atoms with Gasteiger partial charge in [-0.25, -0.2) is 4.98 Å². The van der Waals surface area contributed by atoms with Gasteiger partial charge in [-0.2, -0.15) is 0 Å². The molecule has 0 radical (unpaired) electrons. The molecule has 10 aromatic carbocycles. The summed E-state index contributed by atoms with van der Waals surface area (Å²) in [6.45, 7) is 0. The predicted octanol–water partition coefficient (Wildman–Crippen LogP) is 14.7. The Bertz CT molecular complexity index is 3140. The first-order valence-electron chi connectivity index (χ1n) is 18.6. The van der Waals surface area contributed by atoms with Crippen molar-refractivity contribution in [1.82, 2.24) is 4.98 Å². The maximum atomic E-state index is 5.40. The number of nitrogens with zero attached hydrogens (tertiary/aromatic N) is 1. The number of aromatic nitrogens is 1. The molecule has 11 aromatic rings. The Morgan fingerprint density at radius 2 is 0.630 bits per heavy atom. The molecule has 0 saturated heterocycles. The standard InChI is InChI=1S/C53H33N/c1-3-15-37(16-4-1)50-45-22-12-11-21-43(45)44-30-29-40(33-48(44)51(50)38-17-5-2-6-18-38)34-23-25-39(26-24-34)49-46-31-27-35-13-7-9-19-41(35)52(46)54-53-42-20-10-8-14-36(42)28-32-47(49)53/h1-33H. The van der Waals surface area contributed by atoms with Crippen LogP contribution in [0.4, 0.5) is 0 Å². The molecule has 0 bridgehead atoms. The fourth-order valence-corrected chi connectivity index (χ4v) is 8.73. The van der Waals surface area contributed by atoms with Crippen LogP contribution in [0.3, 0.4) is 0 Å². The van der Waals surface area contributed by atoms with E-state index in [1.54, 1.807) is 0 Å². The molecule has 0 unspecified atom stereocenters. The fraction of sp³-hybridized carbons (Fsp3) is 0. The van der Waals surface area contributed by atoms with Gasteiger partial charge in [-0.3, -0.25) is 0 Å². The van der Waals surface area contributed by atoms with Crippen molar-refractivity contribution in [3.05, 3.63) is 200 Å². The van der Waals surface area contributed by atoms with Crippen LogP contribution in [0, 0.1) is 0 Å². The highest BCUT2D eigenvalue weighted by molar-refractivity contribution is 6.23. The minimum absolute atomic E-state index is 1.04. The lowest BCUT2D eigenvalue weighted by Crippen LogP contribution is -1.93. The second kappa shape index (κ2) is 12.3. The zero-order valence-corrected chi connectivity index (χ0v) is 29.5. The molecule has 0 spiro atoms.